The lowest BCUT2D eigenvalue weighted by Gasteiger charge is -2.12. The summed E-state index contributed by atoms with van der Waals surface area (Å²) in [5.41, 5.74) is -0.440. The van der Waals surface area contributed by atoms with Gasteiger partial charge in [-0.25, -0.2) is 0 Å². The van der Waals surface area contributed by atoms with E-state index in [0.29, 0.717) is 29.0 Å². The van der Waals surface area contributed by atoms with E-state index < -0.39 is 17.7 Å². The Hall–Kier alpha value is -2.95. The topological polar surface area (TPSA) is 82.2 Å². The van der Waals surface area contributed by atoms with Crippen molar-refractivity contribution >= 4 is 23.4 Å². The molecule has 3 aromatic rings. The molecule has 1 aromatic carbocycles. The Kier molecular flexibility index (Phi) is 6.47. The number of nitrogens with zero attached hydrogens (tertiary/aromatic N) is 3. The number of benzene rings is 1. The summed E-state index contributed by atoms with van der Waals surface area (Å²) >= 11 is 1.15. The molecule has 0 atom stereocenters. The molecule has 0 aliphatic heterocycles. The molecular formula is C18H17F3N4O3S. The van der Waals surface area contributed by atoms with Gasteiger partial charge in [-0.05, 0) is 30.3 Å². The SMILES string of the molecule is COC(=O)CSc1nnc(CNc2cccc(C(F)(F)F)c2)n1Cc1ccco1. The van der Waals surface area contributed by atoms with Crippen LogP contribution in [0.2, 0.25) is 0 Å². The summed E-state index contributed by atoms with van der Waals surface area (Å²) in [6.07, 6.45) is -2.89. The van der Waals surface area contributed by atoms with Gasteiger partial charge in [-0.3, -0.25) is 9.36 Å². The molecule has 1 N–H and O–H groups in total. The summed E-state index contributed by atoms with van der Waals surface area (Å²) in [7, 11) is 1.29. The van der Waals surface area contributed by atoms with Gasteiger partial charge < -0.3 is 14.5 Å². The number of rotatable bonds is 8. The van der Waals surface area contributed by atoms with E-state index in [1.165, 1.54) is 25.5 Å². The molecule has 0 radical (unpaired) electrons. The molecule has 29 heavy (non-hydrogen) atoms. The Morgan fingerprint density at radius 1 is 1.28 bits per heavy atom. The molecule has 0 unspecified atom stereocenters. The van der Waals surface area contributed by atoms with E-state index in [1.807, 2.05) is 0 Å². The molecule has 2 heterocycles. The molecule has 3 rings (SSSR count). The number of alkyl halides is 3. The zero-order chi connectivity index (χ0) is 20.9. The maximum absolute atomic E-state index is 12.9. The monoisotopic (exact) mass is 426 g/mol. The number of nitrogens with one attached hydrogen (secondary N) is 1. The van der Waals surface area contributed by atoms with Gasteiger partial charge in [0.15, 0.2) is 11.0 Å². The Balaban J connectivity index is 1.77. The fraction of sp³-hybridized carbons (Fsp3) is 0.278. The fourth-order valence-electron chi connectivity index (χ4n) is 2.44. The normalized spacial score (nSPS) is 11.4. The molecule has 0 bridgehead atoms. The highest BCUT2D eigenvalue weighted by molar-refractivity contribution is 7.99. The third kappa shape index (κ3) is 5.53. The van der Waals surface area contributed by atoms with Gasteiger partial charge in [0.2, 0.25) is 0 Å². The van der Waals surface area contributed by atoms with Crippen molar-refractivity contribution in [2.75, 3.05) is 18.2 Å². The largest absolute Gasteiger partial charge is 0.468 e. The number of furan rings is 1. The van der Waals surface area contributed by atoms with Crippen molar-refractivity contribution in [1.82, 2.24) is 14.8 Å². The van der Waals surface area contributed by atoms with Crippen molar-refractivity contribution < 1.29 is 27.1 Å². The number of carbonyl (C=O) groups excluding carboxylic acids is 1. The van der Waals surface area contributed by atoms with E-state index in [4.69, 9.17) is 4.42 Å². The van der Waals surface area contributed by atoms with Gasteiger partial charge in [0.05, 0.1) is 37.8 Å². The fourth-order valence-corrected chi connectivity index (χ4v) is 3.23. The van der Waals surface area contributed by atoms with Crippen LogP contribution in [0.25, 0.3) is 0 Å². The molecule has 0 fully saturated rings. The van der Waals surface area contributed by atoms with Crippen LogP contribution in [0, 0.1) is 0 Å². The van der Waals surface area contributed by atoms with Crippen molar-refractivity contribution in [2.24, 2.45) is 0 Å². The summed E-state index contributed by atoms with van der Waals surface area (Å²) < 4.78 is 50.4. The maximum Gasteiger partial charge on any atom is 0.416 e. The molecular weight excluding hydrogens is 409 g/mol. The zero-order valence-corrected chi connectivity index (χ0v) is 16.1. The van der Waals surface area contributed by atoms with Crippen LogP contribution >= 0.6 is 11.8 Å². The van der Waals surface area contributed by atoms with Crippen LogP contribution in [-0.4, -0.2) is 33.6 Å². The third-order valence-electron chi connectivity index (χ3n) is 3.87. The average Bonchev–Trinajstić information content (AvgIpc) is 3.34. The van der Waals surface area contributed by atoms with Crippen LogP contribution in [-0.2, 0) is 28.8 Å². The minimum absolute atomic E-state index is 0.0494. The first-order valence-corrected chi connectivity index (χ1v) is 9.40. The lowest BCUT2D eigenvalue weighted by atomic mass is 10.2. The van der Waals surface area contributed by atoms with Crippen LogP contribution in [0.5, 0.6) is 0 Å². The second-order valence-corrected chi connectivity index (χ2v) is 6.80. The predicted octanol–water partition coefficient (Wildman–Crippen LogP) is 3.82. The van der Waals surface area contributed by atoms with Crippen LogP contribution in [0.4, 0.5) is 18.9 Å². The van der Waals surface area contributed by atoms with Crippen LogP contribution in [0.15, 0.2) is 52.2 Å². The molecule has 0 amide bonds. The number of hydrogen-bond donors (Lipinski definition) is 1. The van der Waals surface area contributed by atoms with Crippen LogP contribution in [0.3, 0.4) is 0 Å². The van der Waals surface area contributed by atoms with Crippen molar-refractivity contribution in [3.63, 3.8) is 0 Å². The second kappa shape index (κ2) is 9.03. The smallest absolute Gasteiger partial charge is 0.416 e. The number of hydrogen-bond acceptors (Lipinski definition) is 7. The van der Waals surface area contributed by atoms with Gasteiger partial charge in [-0.15, -0.1) is 10.2 Å². The van der Waals surface area contributed by atoms with Gasteiger partial charge in [0, 0.05) is 5.69 Å². The van der Waals surface area contributed by atoms with E-state index in [-0.39, 0.29) is 12.3 Å². The van der Waals surface area contributed by atoms with E-state index in [2.05, 4.69) is 20.3 Å². The number of halogens is 3. The van der Waals surface area contributed by atoms with Gasteiger partial charge in [-0.2, -0.15) is 13.2 Å². The molecule has 7 nitrogen and oxygen atoms in total. The van der Waals surface area contributed by atoms with Crippen molar-refractivity contribution in [3.8, 4) is 0 Å². The molecule has 11 heteroatoms. The Morgan fingerprint density at radius 3 is 2.79 bits per heavy atom. The molecule has 0 aliphatic carbocycles. The zero-order valence-electron chi connectivity index (χ0n) is 15.3. The van der Waals surface area contributed by atoms with Crippen molar-refractivity contribution in [2.45, 2.75) is 24.4 Å². The quantitative estimate of drug-likeness (QED) is 0.433. The molecule has 2 aromatic heterocycles. The minimum Gasteiger partial charge on any atom is -0.468 e. The highest BCUT2D eigenvalue weighted by Crippen LogP contribution is 2.30. The highest BCUT2D eigenvalue weighted by Gasteiger charge is 2.30. The lowest BCUT2D eigenvalue weighted by Crippen LogP contribution is -2.12. The number of carbonyl (C=O) groups is 1. The number of aromatic nitrogens is 3. The summed E-state index contributed by atoms with van der Waals surface area (Å²) in [4.78, 5) is 11.4. The Labute approximate surface area is 168 Å². The van der Waals surface area contributed by atoms with Crippen molar-refractivity contribution in [3.05, 3.63) is 59.8 Å². The van der Waals surface area contributed by atoms with E-state index in [0.717, 1.165) is 23.9 Å². The van der Waals surface area contributed by atoms with E-state index in [1.54, 1.807) is 16.7 Å². The van der Waals surface area contributed by atoms with Crippen molar-refractivity contribution in [1.29, 1.82) is 0 Å². The summed E-state index contributed by atoms with van der Waals surface area (Å²) in [6, 6.07) is 8.42. The first-order valence-electron chi connectivity index (χ1n) is 8.42. The average molecular weight is 426 g/mol. The highest BCUT2D eigenvalue weighted by atomic mass is 32.2. The molecule has 0 spiro atoms. The second-order valence-electron chi connectivity index (χ2n) is 5.86. The number of thioether (sulfide) groups is 1. The Bertz CT molecular complexity index is 958. The van der Waals surface area contributed by atoms with Gasteiger partial charge >= 0.3 is 12.1 Å². The standard InChI is InChI=1S/C18H17F3N4O3S/c1-27-16(26)11-29-17-24-23-15(25(17)10-14-6-3-7-28-14)9-22-13-5-2-4-12(8-13)18(19,20)21/h2-8,22H,9-11H2,1H3. The van der Waals surface area contributed by atoms with Crippen LogP contribution in [0.1, 0.15) is 17.1 Å². The summed E-state index contributed by atoms with van der Waals surface area (Å²) in [5, 5.41) is 11.6. The number of anilines is 1. The number of ether oxygens (including phenoxy) is 1. The number of esters is 1. The van der Waals surface area contributed by atoms with Crippen LogP contribution < -0.4 is 5.32 Å². The van der Waals surface area contributed by atoms with Gasteiger partial charge in [-0.1, -0.05) is 17.8 Å². The lowest BCUT2D eigenvalue weighted by molar-refractivity contribution is -0.138. The minimum atomic E-state index is -4.42. The first kappa shape index (κ1) is 20.8. The third-order valence-corrected chi connectivity index (χ3v) is 4.82. The predicted molar refractivity (Wildman–Crippen MR) is 99.3 cm³/mol. The molecule has 0 saturated carbocycles. The Morgan fingerprint density at radius 2 is 2.10 bits per heavy atom. The van der Waals surface area contributed by atoms with E-state index >= 15 is 0 Å². The summed E-state index contributed by atoms with van der Waals surface area (Å²) in [5.74, 6) is 0.760. The molecule has 0 aliphatic rings. The molecule has 0 saturated heterocycles. The number of methoxy groups -OCH3 is 1. The van der Waals surface area contributed by atoms with E-state index in [9.17, 15) is 18.0 Å². The first-order chi connectivity index (χ1) is 13.9. The maximum atomic E-state index is 12.9. The van der Waals surface area contributed by atoms with Gasteiger partial charge in [0.1, 0.15) is 5.76 Å². The molecule has 154 valence electrons. The van der Waals surface area contributed by atoms with Gasteiger partial charge in [0.25, 0.3) is 0 Å². The summed E-state index contributed by atoms with van der Waals surface area (Å²) in [6.45, 7) is 0.441.